The number of nitrogens with zero attached hydrogens (tertiary/aromatic N) is 2. The van der Waals surface area contributed by atoms with Crippen LogP contribution in [0, 0.1) is 6.92 Å². The van der Waals surface area contributed by atoms with Crippen LogP contribution < -0.4 is 20.1 Å². The first kappa shape index (κ1) is 29.2. The molecule has 9 nitrogen and oxygen atoms in total. The van der Waals surface area contributed by atoms with Crippen molar-refractivity contribution in [3.8, 4) is 22.6 Å². The minimum absolute atomic E-state index is 0.0666. The fourth-order valence-corrected chi connectivity index (χ4v) is 4.57. The summed E-state index contributed by atoms with van der Waals surface area (Å²) >= 11 is 0. The number of hydrogen-bond acceptors (Lipinski definition) is 6. The molecule has 0 bridgehead atoms. The molecule has 0 fully saturated rings. The summed E-state index contributed by atoms with van der Waals surface area (Å²) in [6.07, 6.45) is 0. The molecule has 3 N–H and O–H groups in total. The van der Waals surface area contributed by atoms with Gasteiger partial charge in [-0.2, -0.15) is 8.42 Å². The first-order valence-corrected chi connectivity index (χ1v) is 14.0. The molecule has 10 heteroatoms. The number of aryl methyl sites for hydroxylation is 1. The minimum Gasteiger partial charge on any atom is -0.497 e. The normalized spacial score (nSPS) is 11.5. The molecule has 212 valence electrons. The Morgan fingerprint density at radius 1 is 0.878 bits per heavy atom. The van der Waals surface area contributed by atoms with Gasteiger partial charge in [0.15, 0.2) is 0 Å². The van der Waals surface area contributed by atoms with Gasteiger partial charge in [-0.05, 0) is 60.5 Å². The van der Waals surface area contributed by atoms with Gasteiger partial charge < -0.3 is 19.6 Å². The monoisotopic (exact) mass is 573 g/mol. The molecule has 0 spiro atoms. The molecule has 0 unspecified atom stereocenters. The van der Waals surface area contributed by atoms with Crippen molar-refractivity contribution in [1.29, 1.82) is 0 Å². The summed E-state index contributed by atoms with van der Waals surface area (Å²) in [5, 5.41) is 0.976. The van der Waals surface area contributed by atoms with Crippen LogP contribution in [0.1, 0.15) is 5.56 Å². The quantitative estimate of drug-likeness (QED) is 0.135. The number of fused-ring (bicyclic) bond motifs is 1. The molecule has 4 aromatic carbocycles. The summed E-state index contributed by atoms with van der Waals surface area (Å²) in [6.45, 7) is 1.84. The largest absolute Gasteiger partial charge is 0.497 e. The van der Waals surface area contributed by atoms with Gasteiger partial charge in [0.2, 0.25) is 11.8 Å². The van der Waals surface area contributed by atoms with E-state index in [-0.39, 0.29) is 10.9 Å². The van der Waals surface area contributed by atoms with Crippen molar-refractivity contribution >= 4 is 38.6 Å². The van der Waals surface area contributed by atoms with E-state index in [2.05, 4.69) is 4.99 Å². The average molecular weight is 574 g/mol. The Morgan fingerprint density at radius 2 is 1.59 bits per heavy atom. The van der Waals surface area contributed by atoms with Gasteiger partial charge in [0.05, 0.1) is 24.8 Å². The number of benzene rings is 4. The number of hydrogen-bond donors (Lipinski definition) is 2. The zero-order valence-electron chi connectivity index (χ0n) is 23.1. The van der Waals surface area contributed by atoms with E-state index in [9.17, 15) is 8.42 Å². The van der Waals surface area contributed by atoms with Crippen molar-refractivity contribution in [3.05, 3.63) is 103 Å². The highest BCUT2D eigenvalue weighted by atomic mass is 32.2. The lowest BCUT2D eigenvalue weighted by Gasteiger charge is -2.23. The van der Waals surface area contributed by atoms with Gasteiger partial charge in [-0.25, -0.2) is 4.90 Å². The summed E-state index contributed by atoms with van der Waals surface area (Å²) in [4.78, 5) is 5.89. The fourth-order valence-electron chi connectivity index (χ4n) is 4.09. The summed E-state index contributed by atoms with van der Waals surface area (Å²) in [5.74, 6) is 2.28. The molecule has 5 rings (SSSR count). The van der Waals surface area contributed by atoms with E-state index in [4.69, 9.17) is 24.2 Å². The zero-order chi connectivity index (χ0) is 29.6. The summed E-state index contributed by atoms with van der Waals surface area (Å²) in [6, 6.07) is 29.5. The van der Waals surface area contributed by atoms with E-state index < -0.39 is 10.1 Å². The van der Waals surface area contributed by atoms with Gasteiger partial charge in [-0.3, -0.25) is 9.55 Å². The summed E-state index contributed by atoms with van der Waals surface area (Å²) in [5.41, 5.74) is 10.7. The Balaban J connectivity index is 0.000000296. The van der Waals surface area contributed by atoms with Crippen LogP contribution in [0.15, 0.2) is 111 Å². The number of para-hydroxylation sites is 1. The topological polar surface area (TPSA) is 128 Å². The number of guanidine groups is 1. The molecule has 0 aliphatic heterocycles. The number of anilines is 2. The Hall–Kier alpha value is -4.80. The lowest BCUT2D eigenvalue weighted by atomic mass is 10.0. The van der Waals surface area contributed by atoms with Gasteiger partial charge in [0.25, 0.3) is 10.1 Å². The molecule has 5 aromatic rings. The smallest absolute Gasteiger partial charge is 0.294 e. The van der Waals surface area contributed by atoms with E-state index in [0.717, 1.165) is 39.1 Å². The van der Waals surface area contributed by atoms with E-state index in [1.165, 1.54) is 12.1 Å². The molecule has 0 radical (unpaired) electrons. The van der Waals surface area contributed by atoms with Crippen LogP contribution in [-0.2, 0) is 10.1 Å². The molecule has 1 heterocycles. The Morgan fingerprint density at radius 3 is 2.22 bits per heavy atom. The van der Waals surface area contributed by atoms with Crippen LogP contribution in [0.4, 0.5) is 11.6 Å². The Bertz CT molecular complexity index is 1750. The molecular formula is C31H31N3O6S. The maximum Gasteiger partial charge on any atom is 0.294 e. The first-order valence-electron chi connectivity index (χ1n) is 12.5. The van der Waals surface area contributed by atoms with Crippen LogP contribution >= 0.6 is 0 Å². The highest BCUT2D eigenvalue weighted by Crippen LogP contribution is 2.39. The minimum atomic E-state index is -4.02. The van der Waals surface area contributed by atoms with Crippen LogP contribution in [0.3, 0.4) is 0 Å². The van der Waals surface area contributed by atoms with Gasteiger partial charge in [-0.1, -0.05) is 54.1 Å². The second-order valence-corrected chi connectivity index (χ2v) is 10.4. The first-order chi connectivity index (χ1) is 19.6. The molecule has 0 aliphatic rings. The maximum absolute atomic E-state index is 10.5. The molecule has 0 saturated heterocycles. The second-order valence-electron chi connectivity index (χ2n) is 8.95. The molecule has 41 heavy (non-hydrogen) atoms. The van der Waals surface area contributed by atoms with Crippen molar-refractivity contribution in [3.63, 3.8) is 0 Å². The standard InChI is InChI=1S/C24H23N3O3.C7H8O3S/c1-26-24(25)27(23-15-18-7-4-5-10-21(18)30-23)20-14-17(11-12-22(20)29-3)16-8-6-9-19(13-16)28-2;1-6-2-4-7(5-3-6)11(8,9)10/h4-15H,1-3H3,(H2,25,26);2-5H,1H3,(H,8,9,10). The van der Waals surface area contributed by atoms with E-state index >= 15 is 0 Å². The van der Waals surface area contributed by atoms with Crippen LogP contribution in [0.5, 0.6) is 11.5 Å². The highest BCUT2D eigenvalue weighted by molar-refractivity contribution is 7.85. The average Bonchev–Trinajstić information content (AvgIpc) is 3.41. The molecule has 0 saturated carbocycles. The van der Waals surface area contributed by atoms with Gasteiger partial charge >= 0.3 is 0 Å². The third-order valence-corrected chi connectivity index (χ3v) is 7.10. The van der Waals surface area contributed by atoms with E-state index in [1.54, 1.807) is 38.3 Å². The number of aliphatic imine (C=N–C) groups is 1. The van der Waals surface area contributed by atoms with E-state index in [1.807, 2.05) is 79.7 Å². The summed E-state index contributed by atoms with van der Waals surface area (Å²) < 4.78 is 46.6. The Labute approximate surface area is 239 Å². The van der Waals surface area contributed by atoms with Crippen LogP contribution in [-0.4, -0.2) is 40.2 Å². The fraction of sp³-hybridized carbons (Fsp3) is 0.129. The van der Waals surface area contributed by atoms with Crippen molar-refractivity contribution in [1.82, 2.24) is 0 Å². The third-order valence-electron chi connectivity index (χ3n) is 6.23. The summed E-state index contributed by atoms with van der Waals surface area (Å²) in [7, 11) is 0.901. The van der Waals surface area contributed by atoms with Crippen molar-refractivity contribution in [2.75, 3.05) is 26.2 Å². The second kappa shape index (κ2) is 12.6. The predicted octanol–water partition coefficient (Wildman–Crippen LogP) is 6.44. The zero-order valence-corrected chi connectivity index (χ0v) is 23.9. The number of ether oxygens (including phenoxy) is 2. The maximum atomic E-state index is 10.5. The van der Waals surface area contributed by atoms with Crippen LogP contribution in [0.2, 0.25) is 0 Å². The molecule has 0 atom stereocenters. The molecular weight excluding hydrogens is 542 g/mol. The van der Waals surface area contributed by atoms with Crippen molar-refractivity contribution in [2.24, 2.45) is 10.7 Å². The lowest BCUT2D eigenvalue weighted by molar-refractivity contribution is 0.415. The number of rotatable bonds is 6. The lowest BCUT2D eigenvalue weighted by Crippen LogP contribution is -2.33. The SMILES string of the molecule is CN=C(N)N(c1cc2ccccc2o1)c1cc(-c2cccc(OC)c2)ccc1OC.Cc1ccc(S(=O)(=O)O)cc1. The third kappa shape index (κ3) is 6.86. The number of furan rings is 1. The van der Waals surface area contributed by atoms with Crippen molar-refractivity contribution < 1.29 is 26.9 Å². The Kier molecular flexibility index (Phi) is 8.96. The van der Waals surface area contributed by atoms with E-state index in [0.29, 0.717) is 11.6 Å². The number of methoxy groups -OCH3 is 2. The van der Waals surface area contributed by atoms with Crippen LogP contribution in [0.25, 0.3) is 22.1 Å². The highest BCUT2D eigenvalue weighted by Gasteiger charge is 2.22. The molecule has 1 aromatic heterocycles. The number of nitrogens with two attached hydrogens (primary N) is 1. The molecule has 0 aliphatic carbocycles. The van der Waals surface area contributed by atoms with Crippen molar-refractivity contribution in [2.45, 2.75) is 11.8 Å². The van der Waals surface area contributed by atoms with Gasteiger partial charge in [-0.15, -0.1) is 0 Å². The van der Waals surface area contributed by atoms with Gasteiger partial charge in [0, 0.05) is 18.5 Å². The predicted molar refractivity (Wildman–Crippen MR) is 162 cm³/mol. The van der Waals surface area contributed by atoms with Gasteiger partial charge in [0.1, 0.15) is 17.1 Å². The molecule has 0 amide bonds.